The summed E-state index contributed by atoms with van der Waals surface area (Å²) < 4.78 is 10.4. The molecule has 0 radical (unpaired) electrons. The molecule has 0 unspecified atom stereocenters. The first-order valence-electron chi connectivity index (χ1n) is 8.15. The maximum absolute atomic E-state index is 12.2. The van der Waals surface area contributed by atoms with Crippen LogP contribution in [0.4, 0.5) is 4.79 Å². The fourth-order valence-corrected chi connectivity index (χ4v) is 4.57. The van der Waals surface area contributed by atoms with Crippen LogP contribution in [-0.4, -0.2) is 35.0 Å². The summed E-state index contributed by atoms with van der Waals surface area (Å²) in [4.78, 5) is 25.2. The first-order valence-corrected chi connectivity index (χ1v) is 10.4. The predicted molar refractivity (Wildman–Crippen MR) is 104 cm³/mol. The van der Waals surface area contributed by atoms with Crippen LogP contribution in [0.15, 0.2) is 54.6 Å². The lowest BCUT2D eigenvalue weighted by Crippen LogP contribution is -2.24. The second kappa shape index (κ2) is 9.00. The Bertz CT molecular complexity index is 752. The van der Waals surface area contributed by atoms with Crippen molar-refractivity contribution < 1.29 is 19.1 Å². The largest absolute Gasteiger partial charge is 0.460 e. The maximum atomic E-state index is 12.2. The first-order chi connectivity index (χ1) is 12.6. The summed E-state index contributed by atoms with van der Waals surface area (Å²) in [6.45, 7) is 1.19. The van der Waals surface area contributed by atoms with Gasteiger partial charge in [0, 0.05) is 35.6 Å². The molecule has 5 nitrogen and oxygen atoms in total. The topological polar surface area (TPSA) is 55.8 Å². The molecule has 136 valence electrons. The third-order valence-corrected chi connectivity index (χ3v) is 6.37. The van der Waals surface area contributed by atoms with Crippen LogP contribution < -0.4 is 4.74 Å². The molecule has 0 aliphatic carbocycles. The van der Waals surface area contributed by atoms with Gasteiger partial charge in [-0.15, -0.1) is 0 Å². The van der Waals surface area contributed by atoms with Crippen molar-refractivity contribution >= 4 is 32.8 Å². The molecule has 0 bridgehead atoms. The van der Waals surface area contributed by atoms with Crippen LogP contribution in [0.1, 0.15) is 12.0 Å². The van der Waals surface area contributed by atoms with Gasteiger partial charge in [-0.3, -0.25) is 4.79 Å². The molecule has 0 saturated carbocycles. The number of likely N-dealkylation sites (tertiary alicyclic amines) is 1. The van der Waals surface area contributed by atoms with Crippen molar-refractivity contribution in [2.75, 3.05) is 13.7 Å². The summed E-state index contributed by atoms with van der Waals surface area (Å²) in [5.74, 6) is 1.66. The number of amides is 1. The van der Waals surface area contributed by atoms with E-state index in [0.29, 0.717) is 19.5 Å². The summed E-state index contributed by atoms with van der Waals surface area (Å²) in [5, 5.41) is -0.234. The number of ether oxygens (including phenoxy) is 2. The SMILES string of the molecule is COC(=O)SS[C@@H]1CC(=O)N(Cc2ccc(Oc3ccccc3)cc2)C1. The van der Waals surface area contributed by atoms with E-state index in [4.69, 9.17) is 4.74 Å². The Morgan fingerprint density at radius 3 is 2.50 bits per heavy atom. The standard InChI is InChI=1S/C19H19NO4S2/c1-23-19(22)26-25-17-11-18(21)20(13-17)12-14-7-9-16(10-8-14)24-15-5-3-2-4-6-15/h2-10,17H,11-13H2,1H3/t17-/m1/s1. The van der Waals surface area contributed by atoms with Crippen molar-refractivity contribution in [3.8, 4) is 11.5 Å². The van der Waals surface area contributed by atoms with Gasteiger partial charge in [-0.05, 0) is 29.8 Å². The highest BCUT2D eigenvalue weighted by Crippen LogP contribution is 2.34. The zero-order valence-electron chi connectivity index (χ0n) is 14.3. The number of hydrogen-bond donors (Lipinski definition) is 0. The van der Waals surface area contributed by atoms with Gasteiger partial charge in [-0.25, -0.2) is 4.79 Å². The molecule has 0 aromatic heterocycles. The molecule has 0 spiro atoms. The summed E-state index contributed by atoms with van der Waals surface area (Å²) in [6.07, 6.45) is 0.448. The molecule has 3 rings (SSSR count). The fraction of sp³-hybridized carbons (Fsp3) is 0.263. The van der Waals surface area contributed by atoms with Crippen LogP contribution in [0.5, 0.6) is 11.5 Å². The monoisotopic (exact) mass is 389 g/mol. The second-order valence-electron chi connectivity index (χ2n) is 5.79. The van der Waals surface area contributed by atoms with Crippen molar-refractivity contribution in [1.29, 1.82) is 0 Å². The van der Waals surface area contributed by atoms with Gasteiger partial charge >= 0.3 is 5.30 Å². The third-order valence-electron chi connectivity index (χ3n) is 3.87. The van der Waals surface area contributed by atoms with Gasteiger partial charge in [0.05, 0.1) is 7.11 Å². The number of para-hydroxylation sites is 1. The molecule has 1 saturated heterocycles. The Hall–Kier alpha value is -2.12. The summed E-state index contributed by atoms with van der Waals surface area (Å²) >= 11 is 0. The van der Waals surface area contributed by atoms with Crippen LogP contribution in [0, 0.1) is 0 Å². The number of nitrogens with zero attached hydrogens (tertiary/aromatic N) is 1. The lowest BCUT2D eigenvalue weighted by molar-refractivity contribution is -0.128. The first kappa shape index (κ1) is 18.7. The van der Waals surface area contributed by atoms with E-state index < -0.39 is 0 Å². The van der Waals surface area contributed by atoms with E-state index in [1.165, 1.54) is 17.9 Å². The maximum Gasteiger partial charge on any atom is 0.377 e. The Kier molecular flexibility index (Phi) is 6.46. The van der Waals surface area contributed by atoms with Crippen LogP contribution in [0.25, 0.3) is 0 Å². The Balaban J connectivity index is 1.52. The summed E-state index contributed by atoms with van der Waals surface area (Å²) in [5.41, 5.74) is 1.05. The highest BCUT2D eigenvalue weighted by molar-refractivity contribution is 8.82. The molecule has 1 heterocycles. The number of methoxy groups -OCH3 is 1. The van der Waals surface area contributed by atoms with Crippen LogP contribution in [0.2, 0.25) is 0 Å². The highest BCUT2D eigenvalue weighted by atomic mass is 33.1. The van der Waals surface area contributed by atoms with E-state index in [-0.39, 0.29) is 16.5 Å². The quantitative estimate of drug-likeness (QED) is 0.526. The zero-order chi connectivity index (χ0) is 18.4. The lowest BCUT2D eigenvalue weighted by atomic mass is 10.2. The van der Waals surface area contributed by atoms with Crippen molar-refractivity contribution in [2.24, 2.45) is 0 Å². The van der Waals surface area contributed by atoms with Crippen molar-refractivity contribution in [2.45, 2.75) is 18.2 Å². The Labute approximate surface area is 160 Å². The number of hydrogen-bond acceptors (Lipinski definition) is 6. The molecule has 1 atom stereocenters. The Morgan fingerprint density at radius 2 is 1.81 bits per heavy atom. The Morgan fingerprint density at radius 1 is 1.12 bits per heavy atom. The molecule has 1 aliphatic heterocycles. The molecule has 1 aliphatic rings. The van der Waals surface area contributed by atoms with E-state index in [1.807, 2.05) is 59.5 Å². The number of benzene rings is 2. The van der Waals surface area contributed by atoms with E-state index in [1.54, 1.807) is 0 Å². The zero-order valence-corrected chi connectivity index (χ0v) is 15.9. The smallest absolute Gasteiger partial charge is 0.377 e. The second-order valence-corrected chi connectivity index (χ2v) is 8.23. The van der Waals surface area contributed by atoms with E-state index in [9.17, 15) is 9.59 Å². The predicted octanol–water partition coefficient (Wildman–Crippen LogP) is 4.73. The highest BCUT2D eigenvalue weighted by Gasteiger charge is 2.30. The molecule has 1 fully saturated rings. The molecular formula is C19H19NO4S2. The van der Waals surface area contributed by atoms with Crippen LogP contribution >= 0.6 is 21.6 Å². The third kappa shape index (κ3) is 5.19. The van der Waals surface area contributed by atoms with Gasteiger partial charge in [-0.2, -0.15) is 0 Å². The van der Waals surface area contributed by atoms with Crippen molar-refractivity contribution in [1.82, 2.24) is 4.90 Å². The van der Waals surface area contributed by atoms with Crippen molar-refractivity contribution in [3.63, 3.8) is 0 Å². The molecule has 0 N–H and O–H groups in total. The molecular weight excluding hydrogens is 370 g/mol. The molecule has 2 aromatic carbocycles. The lowest BCUT2D eigenvalue weighted by Gasteiger charge is -2.16. The minimum atomic E-state index is -0.338. The van der Waals surface area contributed by atoms with Crippen LogP contribution in [0.3, 0.4) is 0 Å². The minimum absolute atomic E-state index is 0.104. The molecule has 26 heavy (non-hydrogen) atoms. The minimum Gasteiger partial charge on any atom is -0.460 e. The summed E-state index contributed by atoms with van der Waals surface area (Å²) in [6, 6.07) is 17.3. The van der Waals surface area contributed by atoms with Gasteiger partial charge in [0.1, 0.15) is 11.5 Å². The van der Waals surface area contributed by atoms with E-state index >= 15 is 0 Å². The van der Waals surface area contributed by atoms with Crippen molar-refractivity contribution in [3.05, 3.63) is 60.2 Å². The normalized spacial score (nSPS) is 16.6. The van der Waals surface area contributed by atoms with E-state index in [0.717, 1.165) is 27.9 Å². The number of carbonyl (C=O) groups excluding carboxylic acids is 2. The van der Waals surface area contributed by atoms with Gasteiger partial charge in [0.25, 0.3) is 0 Å². The average Bonchev–Trinajstić information content (AvgIpc) is 3.01. The molecule has 7 heteroatoms. The van der Waals surface area contributed by atoms with Gasteiger partial charge in [-0.1, -0.05) is 41.1 Å². The van der Waals surface area contributed by atoms with Gasteiger partial charge in [0.2, 0.25) is 5.91 Å². The average molecular weight is 389 g/mol. The molecule has 1 amide bonds. The summed E-state index contributed by atoms with van der Waals surface area (Å²) in [7, 11) is 3.80. The molecule has 2 aromatic rings. The number of carbonyl (C=O) groups is 2. The van der Waals surface area contributed by atoms with Gasteiger partial charge < -0.3 is 14.4 Å². The van der Waals surface area contributed by atoms with Crippen LogP contribution in [-0.2, 0) is 16.1 Å². The fourth-order valence-electron chi connectivity index (χ4n) is 2.60. The number of rotatable bonds is 6. The van der Waals surface area contributed by atoms with E-state index in [2.05, 4.69) is 4.74 Å². The van der Waals surface area contributed by atoms with Gasteiger partial charge in [0.15, 0.2) is 0 Å².